The third kappa shape index (κ3) is 4.04. The first-order valence-electron chi connectivity index (χ1n) is 7.67. The van der Waals surface area contributed by atoms with Crippen molar-refractivity contribution in [3.63, 3.8) is 0 Å². The number of hydrogen-bond donors (Lipinski definition) is 2. The van der Waals surface area contributed by atoms with E-state index in [1.807, 2.05) is 18.5 Å². The smallest absolute Gasteiger partial charge is 0.250 e. The number of carbonyl (C=O) groups is 1. The molecule has 1 aromatic rings. The maximum Gasteiger partial charge on any atom is 0.250 e. The van der Waals surface area contributed by atoms with Gasteiger partial charge in [0, 0.05) is 6.04 Å². The van der Waals surface area contributed by atoms with Crippen LogP contribution >= 0.6 is 0 Å². The fourth-order valence-electron chi connectivity index (χ4n) is 2.68. The Morgan fingerprint density at radius 1 is 1.43 bits per heavy atom. The molecule has 0 aromatic carbocycles. The Morgan fingerprint density at radius 2 is 2.10 bits per heavy atom. The Labute approximate surface area is 126 Å². The molecule has 1 fully saturated rings. The van der Waals surface area contributed by atoms with Crippen molar-refractivity contribution >= 4 is 11.6 Å². The summed E-state index contributed by atoms with van der Waals surface area (Å²) in [6.45, 7) is 10.1. The Bertz CT molecular complexity index is 490. The molecule has 0 atom stereocenters. The second-order valence-electron chi connectivity index (χ2n) is 5.89. The first kappa shape index (κ1) is 16.0. The molecule has 0 bridgehead atoms. The van der Waals surface area contributed by atoms with Crippen molar-refractivity contribution in [3.8, 4) is 0 Å². The first-order valence-corrected chi connectivity index (χ1v) is 7.67. The molecule has 0 unspecified atom stereocenters. The molecular formula is C15H26N4O2. The molecule has 1 amide bonds. The third-order valence-electron chi connectivity index (χ3n) is 3.81. The monoisotopic (exact) mass is 294 g/mol. The SMILES string of the molecule is Cc1nn(C(C)C)c(C)c1NC(=O)COC1CCNCC1. The number of nitrogens with zero attached hydrogens (tertiary/aromatic N) is 2. The van der Waals surface area contributed by atoms with E-state index < -0.39 is 0 Å². The molecule has 0 saturated carbocycles. The summed E-state index contributed by atoms with van der Waals surface area (Å²) in [7, 11) is 0. The molecule has 21 heavy (non-hydrogen) atoms. The zero-order chi connectivity index (χ0) is 15.4. The molecule has 6 heteroatoms. The fraction of sp³-hybridized carbons (Fsp3) is 0.733. The van der Waals surface area contributed by atoms with Crippen molar-refractivity contribution in [2.45, 2.75) is 52.7 Å². The quantitative estimate of drug-likeness (QED) is 0.869. The van der Waals surface area contributed by atoms with E-state index in [1.165, 1.54) is 0 Å². The number of aryl methyl sites for hydroxylation is 1. The minimum atomic E-state index is -0.108. The van der Waals surface area contributed by atoms with Crippen molar-refractivity contribution in [2.24, 2.45) is 0 Å². The fourth-order valence-corrected chi connectivity index (χ4v) is 2.68. The van der Waals surface area contributed by atoms with Gasteiger partial charge in [-0.1, -0.05) is 0 Å². The zero-order valence-corrected chi connectivity index (χ0v) is 13.4. The van der Waals surface area contributed by atoms with Gasteiger partial charge in [-0.3, -0.25) is 9.48 Å². The maximum atomic E-state index is 12.0. The minimum Gasteiger partial charge on any atom is -0.368 e. The van der Waals surface area contributed by atoms with E-state index >= 15 is 0 Å². The van der Waals surface area contributed by atoms with Crippen LogP contribution in [0.15, 0.2) is 0 Å². The van der Waals surface area contributed by atoms with Crippen LogP contribution in [0, 0.1) is 13.8 Å². The highest BCUT2D eigenvalue weighted by Crippen LogP contribution is 2.22. The highest BCUT2D eigenvalue weighted by molar-refractivity contribution is 5.92. The van der Waals surface area contributed by atoms with Gasteiger partial charge in [0.15, 0.2) is 0 Å². The van der Waals surface area contributed by atoms with Crippen molar-refractivity contribution in [1.29, 1.82) is 0 Å². The lowest BCUT2D eigenvalue weighted by molar-refractivity contribution is -0.123. The van der Waals surface area contributed by atoms with E-state index in [0.717, 1.165) is 43.0 Å². The second-order valence-corrected chi connectivity index (χ2v) is 5.89. The topological polar surface area (TPSA) is 68.2 Å². The average molecular weight is 294 g/mol. The second kappa shape index (κ2) is 7.04. The lowest BCUT2D eigenvalue weighted by atomic mass is 10.1. The number of ether oxygens (including phenoxy) is 1. The highest BCUT2D eigenvalue weighted by Gasteiger charge is 2.18. The summed E-state index contributed by atoms with van der Waals surface area (Å²) in [6, 6.07) is 0.278. The van der Waals surface area contributed by atoms with Gasteiger partial charge in [0.05, 0.1) is 23.2 Å². The summed E-state index contributed by atoms with van der Waals surface area (Å²) < 4.78 is 7.60. The van der Waals surface area contributed by atoms with Crippen LogP contribution in [0.4, 0.5) is 5.69 Å². The van der Waals surface area contributed by atoms with Crippen molar-refractivity contribution < 1.29 is 9.53 Å². The van der Waals surface area contributed by atoms with E-state index in [-0.39, 0.29) is 24.7 Å². The van der Waals surface area contributed by atoms with Crippen LogP contribution in [0.25, 0.3) is 0 Å². The maximum absolute atomic E-state index is 12.0. The summed E-state index contributed by atoms with van der Waals surface area (Å²) in [5.74, 6) is -0.108. The van der Waals surface area contributed by atoms with Crippen LogP contribution in [-0.4, -0.2) is 41.5 Å². The average Bonchev–Trinajstić information content (AvgIpc) is 2.74. The molecule has 6 nitrogen and oxygen atoms in total. The Hall–Kier alpha value is -1.40. The Morgan fingerprint density at radius 3 is 2.67 bits per heavy atom. The van der Waals surface area contributed by atoms with Crippen LogP contribution in [0.3, 0.4) is 0 Å². The van der Waals surface area contributed by atoms with Crippen molar-refractivity contribution in [3.05, 3.63) is 11.4 Å². The predicted octanol–water partition coefficient (Wildman–Crippen LogP) is 1.79. The van der Waals surface area contributed by atoms with E-state index in [4.69, 9.17) is 4.74 Å². The molecule has 118 valence electrons. The van der Waals surface area contributed by atoms with E-state index in [2.05, 4.69) is 29.6 Å². The molecule has 2 heterocycles. The first-order chi connectivity index (χ1) is 9.99. The summed E-state index contributed by atoms with van der Waals surface area (Å²) in [4.78, 5) is 12.0. The van der Waals surface area contributed by atoms with E-state index in [9.17, 15) is 4.79 Å². The number of carbonyl (C=O) groups excluding carboxylic acids is 1. The molecule has 1 aliphatic heterocycles. The third-order valence-corrected chi connectivity index (χ3v) is 3.81. The summed E-state index contributed by atoms with van der Waals surface area (Å²) >= 11 is 0. The van der Waals surface area contributed by atoms with Gasteiger partial charge in [-0.25, -0.2) is 0 Å². The van der Waals surface area contributed by atoms with Crippen LogP contribution in [-0.2, 0) is 9.53 Å². The summed E-state index contributed by atoms with van der Waals surface area (Å²) in [6.07, 6.45) is 2.13. The molecule has 2 rings (SSSR count). The van der Waals surface area contributed by atoms with Gasteiger partial charge in [0.1, 0.15) is 6.61 Å². The molecular weight excluding hydrogens is 268 g/mol. The molecule has 0 radical (unpaired) electrons. The van der Waals surface area contributed by atoms with Gasteiger partial charge in [-0.15, -0.1) is 0 Å². The highest BCUT2D eigenvalue weighted by atomic mass is 16.5. The molecule has 0 aliphatic carbocycles. The number of aromatic nitrogens is 2. The standard InChI is InChI=1S/C15H26N4O2/c1-10(2)19-12(4)15(11(3)18-19)17-14(20)9-21-13-5-7-16-8-6-13/h10,13,16H,5-9H2,1-4H3,(H,17,20). The Balaban J connectivity index is 1.90. The van der Waals surface area contributed by atoms with Crippen molar-refractivity contribution in [1.82, 2.24) is 15.1 Å². The van der Waals surface area contributed by atoms with E-state index in [1.54, 1.807) is 0 Å². The lowest BCUT2D eigenvalue weighted by Gasteiger charge is -2.22. The van der Waals surface area contributed by atoms with E-state index in [0.29, 0.717) is 0 Å². The van der Waals surface area contributed by atoms with Gasteiger partial charge in [-0.05, 0) is 53.6 Å². The van der Waals surface area contributed by atoms with Gasteiger partial charge >= 0.3 is 0 Å². The number of nitrogens with one attached hydrogen (secondary N) is 2. The molecule has 1 aliphatic rings. The Kier molecular flexibility index (Phi) is 5.36. The molecule has 0 spiro atoms. The molecule has 1 saturated heterocycles. The number of piperidine rings is 1. The van der Waals surface area contributed by atoms with Gasteiger partial charge in [0.25, 0.3) is 0 Å². The molecule has 1 aromatic heterocycles. The number of hydrogen-bond acceptors (Lipinski definition) is 4. The summed E-state index contributed by atoms with van der Waals surface area (Å²) in [5, 5.41) is 10.7. The van der Waals surface area contributed by atoms with Gasteiger partial charge < -0.3 is 15.4 Å². The number of amides is 1. The van der Waals surface area contributed by atoms with Crippen LogP contribution in [0.2, 0.25) is 0 Å². The van der Waals surface area contributed by atoms with Crippen LogP contribution in [0.1, 0.15) is 44.1 Å². The number of rotatable bonds is 5. The number of anilines is 1. The zero-order valence-electron chi connectivity index (χ0n) is 13.4. The minimum absolute atomic E-state index is 0.108. The van der Waals surface area contributed by atoms with Crippen LogP contribution < -0.4 is 10.6 Å². The lowest BCUT2D eigenvalue weighted by Crippen LogP contribution is -2.34. The van der Waals surface area contributed by atoms with Gasteiger partial charge in [0.2, 0.25) is 5.91 Å². The predicted molar refractivity (Wildman–Crippen MR) is 82.6 cm³/mol. The van der Waals surface area contributed by atoms with Crippen LogP contribution in [0.5, 0.6) is 0 Å². The van der Waals surface area contributed by atoms with Crippen molar-refractivity contribution in [2.75, 3.05) is 25.0 Å². The summed E-state index contributed by atoms with van der Waals surface area (Å²) in [5.41, 5.74) is 2.64. The normalized spacial score (nSPS) is 16.4. The molecule has 2 N–H and O–H groups in total. The largest absolute Gasteiger partial charge is 0.368 e. The van der Waals surface area contributed by atoms with Gasteiger partial charge in [-0.2, -0.15) is 5.10 Å².